The Morgan fingerprint density at radius 2 is 2.29 bits per heavy atom. The van der Waals surface area contributed by atoms with Crippen LogP contribution in [0.4, 0.5) is 0 Å². The van der Waals surface area contributed by atoms with E-state index in [1.54, 1.807) is 12.1 Å². The Bertz CT molecular complexity index is 352. The molecular formula is C10H12INO2. The van der Waals surface area contributed by atoms with E-state index in [0.717, 1.165) is 15.6 Å². The molecule has 3 N–H and O–H groups in total. The van der Waals surface area contributed by atoms with Crippen LogP contribution in [0.5, 0.6) is 0 Å². The standard InChI is InChI=1S/C10H12INO2/c1-2-8(12)9-6(10(13)14)4-3-5-7(9)11/h3-5,8H,2,12H2,1H3,(H,13,14). The summed E-state index contributed by atoms with van der Waals surface area (Å²) in [6, 6.07) is 5.00. The Morgan fingerprint density at radius 3 is 2.79 bits per heavy atom. The van der Waals surface area contributed by atoms with Crippen molar-refractivity contribution < 1.29 is 9.90 Å². The molecule has 0 aliphatic carbocycles. The SMILES string of the molecule is CCC(N)c1c(I)cccc1C(=O)O. The number of halogens is 1. The van der Waals surface area contributed by atoms with Gasteiger partial charge in [0.1, 0.15) is 0 Å². The zero-order valence-corrected chi connectivity index (χ0v) is 9.98. The van der Waals surface area contributed by atoms with Gasteiger partial charge < -0.3 is 10.8 Å². The Labute approximate surface area is 96.4 Å². The van der Waals surface area contributed by atoms with Crippen molar-refractivity contribution in [2.75, 3.05) is 0 Å². The molecular weight excluding hydrogens is 293 g/mol. The van der Waals surface area contributed by atoms with Gasteiger partial charge in [-0.15, -0.1) is 0 Å². The second-order valence-corrected chi connectivity index (χ2v) is 4.18. The van der Waals surface area contributed by atoms with Gasteiger partial charge in [-0.05, 0) is 46.7 Å². The number of carboxylic acid groups (broad SMARTS) is 1. The number of rotatable bonds is 3. The highest BCUT2D eigenvalue weighted by atomic mass is 127. The highest BCUT2D eigenvalue weighted by Gasteiger charge is 2.16. The van der Waals surface area contributed by atoms with E-state index in [1.807, 2.05) is 13.0 Å². The molecule has 0 amide bonds. The zero-order chi connectivity index (χ0) is 10.7. The third-order valence-electron chi connectivity index (χ3n) is 2.09. The minimum atomic E-state index is -0.914. The lowest BCUT2D eigenvalue weighted by molar-refractivity contribution is 0.0695. The van der Waals surface area contributed by atoms with E-state index in [9.17, 15) is 4.79 Å². The Hall–Kier alpha value is -0.620. The van der Waals surface area contributed by atoms with Crippen molar-refractivity contribution in [3.63, 3.8) is 0 Å². The lowest BCUT2D eigenvalue weighted by Gasteiger charge is -2.14. The predicted octanol–water partition coefficient (Wildman–Crippen LogP) is 2.40. The largest absolute Gasteiger partial charge is 0.478 e. The van der Waals surface area contributed by atoms with Gasteiger partial charge >= 0.3 is 5.97 Å². The highest BCUT2D eigenvalue weighted by molar-refractivity contribution is 14.1. The van der Waals surface area contributed by atoms with Gasteiger partial charge in [0.05, 0.1) is 5.56 Å². The summed E-state index contributed by atoms with van der Waals surface area (Å²) in [5, 5.41) is 8.98. The Kier molecular flexibility index (Phi) is 3.88. The van der Waals surface area contributed by atoms with Crippen molar-refractivity contribution in [3.8, 4) is 0 Å². The number of hydrogen-bond donors (Lipinski definition) is 2. The van der Waals surface area contributed by atoms with Crippen LogP contribution >= 0.6 is 22.6 Å². The summed E-state index contributed by atoms with van der Waals surface area (Å²) in [5.74, 6) is -0.914. The van der Waals surface area contributed by atoms with Crippen LogP contribution in [0, 0.1) is 3.57 Å². The van der Waals surface area contributed by atoms with E-state index in [0.29, 0.717) is 5.56 Å². The normalized spacial score (nSPS) is 12.5. The summed E-state index contributed by atoms with van der Waals surface area (Å²) in [5.41, 5.74) is 6.92. The topological polar surface area (TPSA) is 63.3 Å². The van der Waals surface area contributed by atoms with Gasteiger partial charge in [-0.3, -0.25) is 0 Å². The van der Waals surface area contributed by atoms with Crippen LogP contribution in [0.3, 0.4) is 0 Å². The Balaban J connectivity index is 3.29. The van der Waals surface area contributed by atoms with Crippen LogP contribution in [0.15, 0.2) is 18.2 Å². The van der Waals surface area contributed by atoms with Crippen molar-refractivity contribution in [1.29, 1.82) is 0 Å². The van der Waals surface area contributed by atoms with Crippen LogP contribution in [0.1, 0.15) is 35.3 Å². The first-order valence-corrected chi connectivity index (χ1v) is 5.43. The molecule has 1 aromatic rings. The number of aromatic carboxylic acids is 1. The number of nitrogens with two attached hydrogens (primary N) is 1. The van der Waals surface area contributed by atoms with Crippen LogP contribution in [0.25, 0.3) is 0 Å². The predicted molar refractivity (Wildman–Crippen MR) is 63.3 cm³/mol. The third kappa shape index (κ3) is 2.24. The maximum Gasteiger partial charge on any atom is 0.336 e. The fourth-order valence-electron chi connectivity index (χ4n) is 1.30. The van der Waals surface area contributed by atoms with E-state index in [1.165, 1.54) is 0 Å². The molecule has 0 spiro atoms. The van der Waals surface area contributed by atoms with Crippen LogP contribution in [0.2, 0.25) is 0 Å². The quantitative estimate of drug-likeness (QED) is 0.843. The summed E-state index contributed by atoms with van der Waals surface area (Å²) >= 11 is 2.11. The second-order valence-electron chi connectivity index (χ2n) is 3.02. The summed E-state index contributed by atoms with van der Waals surface area (Å²) < 4.78 is 0.914. The molecule has 0 saturated carbocycles. The van der Waals surface area contributed by atoms with Crippen molar-refractivity contribution >= 4 is 28.6 Å². The smallest absolute Gasteiger partial charge is 0.336 e. The molecule has 76 valence electrons. The summed E-state index contributed by atoms with van der Waals surface area (Å²) in [6.45, 7) is 1.94. The first-order chi connectivity index (χ1) is 6.57. The van der Waals surface area contributed by atoms with E-state index in [-0.39, 0.29) is 6.04 Å². The third-order valence-corrected chi connectivity index (χ3v) is 3.03. The molecule has 0 aliphatic heterocycles. The van der Waals surface area contributed by atoms with Crippen molar-refractivity contribution in [1.82, 2.24) is 0 Å². The van der Waals surface area contributed by atoms with Crippen LogP contribution in [-0.4, -0.2) is 11.1 Å². The van der Waals surface area contributed by atoms with Crippen molar-refractivity contribution in [2.45, 2.75) is 19.4 Å². The molecule has 3 nitrogen and oxygen atoms in total. The van der Waals surface area contributed by atoms with Gasteiger partial charge in [0, 0.05) is 9.61 Å². The zero-order valence-electron chi connectivity index (χ0n) is 7.83. The second kappa shape index (κ2) is 4.75. The fourth-order valence-corrected chi connectivity index (χ4v) is 2.20. The maximum atomic E-state index is 10.9. The fraction of sp³-hybridized carbons (Fsp3) is 0.300. The lowest BCUT2D eigenvalue weighted by atomic mass is 9.99. The van der Waals surface area contributed by atoms with Gasteiger partial charge in [0.2, 0.25) is 0 Å². The average molecular weight is 305 g/mol. The van der Waals surface area contributed by atoms with Crippen molar-refractivity contribution in [2.24, 2.45) is 5.73 Å². The molecule has 0 aromatic heterocycles. The summed E-state index contributed by atoms with van der Waals surface area (Å²) in [7, 11) is 0. The molecule has 1 atom stereocenters. The van der Waals surface area contributed by atoms with Gasteiger partial charge in [0.25, 0.3) is 0 Å². The molecule has 0 aliphatic rings. The summed E-state index contributed by atoms with van der Waals surface area (Å²) in [4.78, 5) is 10.9. The first-order valence-electron chi connectivity index (χ1n) is 4.35. The maximum absolute atomic E-state index is 10.9. The minimum Gasteiger partial charge on any atom is -0.478 e. The molecule has 0 heterocycles. The van der Waals surface area contributed by atoms with Gasteiger partial charge in [-0.25, -0.2) is 4.79 Å². The summed E-state index contributed by atoms with van der Waals surface area (Å²) in [6.07, 6.45) is 0.736. The van der Waals surface area contributed by atoms with E-state index in [2.05, 4.69) is 22.6 Å². The lowest BCUT2D eigenvalue weighted by Crippen LogP contribution is -2.15. The number of benzene rings is 1. The monoisotopic (exact) mass is 305 g/mol. The Morgan fingerprint density at radius 1 is 1.64 bits per heavy atom. The number of carbonyl (C=O) groups is 1. The molecule has 0 bridgehead atoms. The van der Waals surface area contributed by atoms with E-state index >= 15 is 0 Å². The molecule has 14 heavy (non-hydrogen) atoms. The van der Waals surface area contributed by atoms with Crippen LogP contribution in [-0.2, 0) is 0 Å². The molecule has 1 unspecified atom stereocenters. The molecule has 0 fully saturated rings. The molecule has 1 aromatic carbocycles. The minimum absolute atomic E-state index is 0.200. The number of carboxylic acids is 1. The van der Waals surface area contributed by atoms with E-state index in [4.69, 9.17) is 10.8 Å². The van der Waals surface area contributed by atoms with Gasteiger partial charge in [-0.2, -0.15) is 0 Å². The first kappa shape index (κ1) is 11.5. The van der Waals surface area contributed by atoms with Gasteiger partial charge in [-0.1, -0.05) is 13.0 Å². The van der Waals surface area contributed by atoms with Crippen molar-refractivity contribution in [3.05, 3.63) is 32.9 Å². The number of hydrogen-bond acceptors (Lipinski definition) is 2. The molecule has 0 radical (unpaired) electrons. The molecule has 4 heteroatoms. The average Bonchev–Trinajstić information content (AvgIpc) is 2.16. The highest BCUT2D eigenvalue weighted by Crippen LogP contribution is 2.24. The molecule has 0 saturated heterocycles. The van der Waals surface area contributed by atoms with Gasteiger partial charge in [0.15, 0.2) is 0 Å². The molecule has 1 rings (SSSR count). The van der Waals surface area contributed by atoms with Crippen LogP contribution < -0.4 is 5.73 Å². The van der Waals surface area contributed by atoms with E-state index < -0.39 is 5.97 Å².